The molecule has 0 fully saturated rings. The van der Waals surface area contributed by atoms with Gasteiger partial charge >= 0.3 is 5.97 Å². The van der Waals surface area contributed by atoms with Crippen LogP contribution in [0.25, 0.3) is 0 Å². The largest absolute Gasteiger partial charge is 0.481 e. The van der Waals surface area contributed by atoms with Gasteiger partial charge in [0.1, 0.15) is 0 Å². The molecule has 1 aromatic rings. The van der Waals surface area contributed by atoms with Crippen molar-refractivity contribution in [3.63, 3.8) is 0 Å². The number of aliphatic carboxylic acids is 1. The van der Waals surface area contributed by atoms with Crippen LogP contribution < -0.4 is 10.0 Å². The van der Waals surface area contributed by atoms with Crippen LogP contribution in [0.2, 0.25) is 0 Å². The number of hydrogen-bond donors (Lipinski definition) is 3. The number of aromatic nitrogens is 1. The van der Waals surface area contributed by atoms with Crippen LogP contribution in [0.1, 0.15) is 19.0 Å². The predicted molar refractivity (Wildman–Crippen MR) is 78.7 cm³/mol. The molecule has 0 aliphatic rings. The Balaban J connectivity index is 2.43. The Kier molecular flexibility index (Phi) is 6.09. The van der Waals surface area contributed by atoms with E-state index in [1.165, 1.54) is 0 Å². The zero-order chi connectivity index (χ0) is 16.0. The van der Waals surface area contributed by atoms with E-state index in [4.69, 9.17) is 5.11 Å². The number of sulfonamides is 1. The number of amides is 1. The second kappa shape index (κ2) is 7.36. The standard InChI is InChI=1S/C11H17N3O5S2/c1-7(3-10(16)17)5-12-9(15)4-8-6-20-11(13-8)14-21(2,18)19/h6-7H,3-5H2,1-2H3,(H,12,15)(H,13,14)(H,16,17). The minimum Gasteiger partial charge on any atom is -0.481 e. The number of carbonyl (C=O) groups is 2. The van der Waals surface area contributed by atoms with Crippen molar-refractivity contribution in [3.8, 4) is 0 Å². The SMILES string of the molecule is CC(CNC(=O)Cc1csc(NS(C)(=O)=O)n1)CC(=O)O. The quantitative estimate of drug-likeness (QED) is 0.627. The summed E-state index contributed by atoms with van der Waals surface area (Å²) in [7, 11) is -3.38. The van der Waals surface area contributed by atoms with E-state index < -0.39 is 16.0 Å². The van der Waals surface area contributed by atoms with Crippen LogP contribution in [0.5, 0.6) is 0 Å². The zero-order valence-corrected chi connectivity index (χ0v) is 13.3. The summed E-state index contributed by atoms with van der Waals surface area (Å²) in [4.78, 5) is 26.1. The monoisotopic (exact) mass is 335 g/mol. The Bertz CT molecular complexity index is 611. The second-order valence-electron chi connectivity index (χ2n) is 4.70. The maximum absolute atomic E-state index is 11.7. The molecule has 118 valence electrons. The van der Waals surface area contributed by atoms with E-state index in [1.807, 2.05) is 0 Å². The zero-order valence-electron chi connectivity index (χ0n) is 11.6. The van der Waals surface area contributed by atoms with Crippen molar-refractivity contribution in [1.82, 2.24) is 10.3 Å². The van der Waals surface area contributed by atoms with E-state index in [0.29, 0.717) is 5.69 Å². The lowest BCUT2D eigenvalue weighted by Gasteiger charge is -2.09. The van der Waals surface area contributed by atoms with Crippen LogP contribution in [0.3, 0.4) is 0 Å². The van der Waals surface area contributed by atoms with Crippen molar-refractivity contribution in [2.75, 3.05) is 17.5 Å². The number of anilines is 1. The van der Waals surface area contributed by atoms with Gasteiger partial charge in [-0.1, -0.05) is 6.92 Å². The Morgan fingerprint density at radius 3 is 2.71 bits per heavy atom. The van der Waals surface area contributed by atoms with Gasteiger partial charge in [-0.2, -0.15) is 0 Å². The molecule has 1 rings (SSSR count). The summed E-state index contributed by atoms with van der Waals surface area (Å²) < 4.78 is 24.3. The van der Waals surface area contributed by atoms with Gasteiger partial charge in [-0.25, -0.2) is 13.4 Å². The Morgan fingerprint density at radius 1 is 1.48 bits per heavy atom. The summed E-state index contributed by atoms with van der Waals surface area (Å²) in [5.41, 5.74) is 0.453. The lowest BCUT2D eigenvalue weighted by Crippen LogP contribution is -2.30. The molecule has 1 atom stereocenters. The number of nitrogens with zero attached hydrogens (tertiary/aromatic N) is 1. The molecule has 21 heavy (non-hydrogen) atoms. The molecule has 0 saturated heterocycles. The van der Waals surface area contributed by atoms with Gasteiger partial charge < -0.3 is 10.4 Å². The first kappa shape index (κ1) is 17.4. The molecule has 1 amide bonds. The Labute approximate surface area is 126 Å². The summed E-state index contributed by atoms with van der Waals surface area (Å²) in [5.74, 6) is -1.36. The van der Waals surface area contributed by atoms with E-state index in [0.717, 1.165) is 17.6 Å². The third-order valence-electron chi connectivity index (χ3n) is 2.34. The highest BCUT2D eigenvalue weighted by molar-refractivity contribution is 7.92. The average molecular weight is 335 g/mol. The molecule has 0 saturated carbocycles. The van der Waals surface area contributed by atoms with Crippen LogP contribution >= 0.6 is 11.3 Å². The third-order valence-corrected chi connectivity index (χ3v) is 3.84. The van der Waals surface area contributed by atoms with Crippen molar-refractivity contribution in [2.45, 2.75) is 19.8 Å². The number of thiazole rings is 1. The lowest BCUT2D eigenvalue weighted by atomic mass is 10.1. The summed E-state index contributed by atoms with van der Waals surface area (Å²) in [6.45, 7) is 2.00. The molecule has 0 aromatic carbocycles. The van der Waals surface area contributed by atoms with Crippen molar-refractivity contribution in [1.29, 1.82) is 0 Å². The van der Waals surface area contributed by atoms with Gasteiger partial charge in [-0.3, -0.25) is 14.3 Å². The van der Waals surface area contributed by atoms with Crippen molar-refractivity contribution >= 4 is 38.4 Å². The van der Waals surface area contributed by atoms with Crippen LogP contribution in [0.15, 0.2) is 5.38 Å². The fraction of sp³-hybridized carbons (Fsp3) is 0.545. The highest BCUT2D eigenvalue weighted by atomic mass is 32.2. The van der Waals surface area contributed by atoms with Crippen LogP contribution in [-0.4, -0.2) is 43.2 Å². The van der Waals surface area contributed by atoms with E-state index in [-0.39, 0.29) is 36.3 Å². The molecular formula is C11H17N3O5S2. The van der Waals surface area contributed by atoms with Gasteiger partial charge in [0.15, 0.2) is 5.13 Å². The molecule has 8 nitrogen and oxygen atoms in total. The maximum atomic E-state index is 11.7. The fourth-order valence-corrected chi connectivity index (χ4v) is 3.04. The molecule has 1 heterocycles. The number of rotatable bonds is 8. The van der Waals surface area contributed by atoms with E-state index >= 15 is 0 Å². The highest BCUT2D eigenvalue weighted by Crippen LogP contribution is 2.16. The average Bonchev–Trinajstić information content (AvgIpc) is 2.70. The summed E-state index contributed by atoms with van der Waals surface area (Å²) >= 11 is 1.09. The van der Waals surface area contributed by atoms with Gasteiger partial charge in [0.25, 0.3) is 0 Å². The van der Waals surface area contributed by atoms with Gasteiger partial charge in [0, 0.05) is 18.3 Å². The molecule has 1 unspecified atom stereocenters. The van der Waals surface area contributed by atoms with E-state index in [9.17, 15) is 18.0 Å². The van der Waals surface area contributed by atoms with Crippen LogP contribution in [-0.2, 0) is 26.0 Å². The number of nitrogens with one attached hydrogen (secondary N) is 2. The van der Waals surface area contributed by atoms with Crippen LogP contribution in [0.4, 0.5) is 5.13 Å². The number of carboxylic acids is 1. The third kappa shape index (κ3) is 7.61. The minimum absolute atomic E-state index is 0.0145. The molecule has 0 spiro atoms. The molecule has 0 bridgehead atoms. The van der Waals surface area contributed by atoms with Gasteiger partial charge in [0.2, 0.25) is 15.9 Å². The molecule has 0 radical (unpaired) electrons. The molecular weight excluding hydrogens is 318 g/mol. The number of carboxylic acid groups (broad SMARTS) is 1. The predicted octanol–water partition coefficient (Wildman–Crippen LogP) is 0.284. The molecule has 3 N–H and O–H groups in total. The lowest BCUT2D eigenvalue weighted by molar-refractivity contribution is -0.138. The fourth-order valence-electron chi connectivity index (χ4n) is 1.48. The second-order valence-corrected chi connectivity index (χ2v) is 7.31. The van der Waals surface area contributed by atoms with Crippen molar-refractivity contribution in [2.24, 2.45) is 5.92 Å². The van der Waals surface area contributed by atoms with E-state index in [2.05, 4.69) is 15.0 Å². The van der Waals surface area contributed by atoms with Crippen molar-refractivity contribution in [3.05, 3.63) is 11.1 Å². The molecule has 0 aliphatic carbocycles. The molecule has 10 heteroatoms. The first-order valence-corrected chi connectivity index (χ1v) is 8.83. The first-order valence-electron chi connectivity index (χ1n) is 6.06. The van der Waals surface area contributed by atoms with Gasteiger partial charge in [-0.15, -0.1) is 11.3 Å². The molecule has 0 aliphatic heterocycles. The maximum Gasteiger partial charge on any atom is 0.303 e. The Morgan fingerprint density at radius 2 is 2.14 bits per heavy atom. The topological polar surface area (TPSA) is 125 Å². The summed E-state index contributed by atoms with van der Waals surface area (Å²) in [6.07, 6.45) is 1.02. The first-order chi connectivity index (χ1) is 9.65. The normalized spacial score (nSPS) is 12.7. The highest BCUT2D eigenvalue weighted by Gasteiger charge is 2.12. The smallest absolute Gasteiger partial charge is 0.303 e. The Hall–Kier alpha value is -1.68. The molecule has 1 aromatic heterocycles. The number of carbonyl (C=O) groups excluding carboxylic acids is 1. The summed E-state index contributed by atoms with van der Waals surface area (Å²) in [6, 6.07) is 0. The minimum atomic E-state index is -3.38. The van der Waals surface area contributed by atoms with Crippen LogP contribution in [0, 0.1) is 5.92 Å². The van der Waals surface area contributed by atoms with Gasteiger partial charge in [0.05, 0.1) is 18.4 Å². The van der Waals surface area contributed by atoms with Gasteiger partial charge in [-0.05, 0) is 5.92 Å². The number of hydrogen-bond acceptors (Lipinski definition) is 6. The summed E-state index contributed by atoms with van der Waals surface area (Å²) in [5, 5.41) is 13.0. The van der Waals surface area contributed by atoms with Crippen molar-refractivity contribution < 1.29 is 23.1 Å². The van der Waals surface area contributed by atoms with E-state index in [1.54, 1.807) is 12.3 Å².